The van der Waals surface area contributed by atoms with E-state index in [4.69, 9.17) is 9.47 Å². The number of allylic oxidation sites excluding steroid dienone is 2. The van der Waals surface area contributed by atoms with Crippen LogP contribution in [0.3, 0.4) is 0 Å². The van der Waals surface area contributed by atoms with Crippen molar-refractivity contribution in [1.82, 2.24) is 4.57 Å². The first-order valence-electron chi connectivity index (χ1n) is 19.3. The zero-order chi connectivity index (χ0) is 33.2. The maximum absolute atomic E-state index is 7.06. The van der Waals surface area contributed by atoms with E-state index in [1.165, 1.54) is 83.6 Å². The number of imidazole rings is 1. The van der Waals surface area contributed by atoms with Gasteiger partial charge in [-0.3, -0.25) is 0 Å². The van der Waals surface area contributed by atoms with Gasteiger partial charge in [-0.2, -0.15) is 0 Å². The highest BCUT2D eigenvalue weighted by Crippen LogP contribution is 2.71. The third-order valence-corrected chi connectivity index (χ3v) is 16.3. The number of rotatable bonds is 3. The van der Waals surface area contributed by atoms with Crippen LogP contribution in [0.25, 0.3) is 11.0 Å². The molecule has 4 aliphatic carbocycles. The molecule has 11 atom stereocenters. The number of ether oxygens (including phenoxy) is 2. The Balaban J connectivity index is 0.988. The van der Waals surface area contributed by atoms with Gasteiger partial charge in [0.15, 0.2) is 16.8 Å². The lowest BCUT2D eigenvalue weighted by Gasteiger charge is -2.58. The molecule has 1 spiro atoms. The number of hydrogen-bond donors (Lipinski definition) is 0. The lowest BCUT2D eigenvalue weighted by Crippen LogP contribution is -2.52. The Morgan fingerprint density at radius 3 is 2.58 bits per heavy atom. The quantitative estimate of drug-likeness (QED) is 0.200. The number of benzene rings is 2. The first-order chi connectivity index (χ1) is 23.0. The molecule has 3 saturated carbocycles. The average molecular weight is 713 g/mol. The van der Waals surface area contributed by atoms with Crippen LogP contribution in [0.1, 0.15) is 108 Å². The van der Waals surface area contributed by atoms with E-state index in [-0.39, 0.29) is 5.79 Å². The van der Waals surface area contributed by atoms with Crippen molar-refractivity contribution in [3.05, 3.63) is 75.5 Å². The predicted molar refractivity (Wildman–Crippen MR) is 196 cm³/mol. The Kier molecular flexibility index (Phi) is 7.51. The van der Waals surface area contributed by atoms with Gasteiger partial charge in [0.25, 0.3) is 0 Å². The zero-order valence-electron chi connectivity index (χ0n) is 30.1. The smallest absolute Gasteiger partial charge is 0.245 e. The minimum Gasteiger partial charge on any atom is -0.349 e. The number of halogens is 1. The van der Waals surface area contributed by atoms with Crippen LogP contribution in [0.5, 0.6) is 0 Å². The van der Waals surface area contributed by atoms with E-state index in [2.05, 4.69) is 115 Å². The third kappa shape index (κ3) is 4.61. The monoisotopic (exact) mass is 711 g/mol. The molecule has 256 valence electrons. The maximum Gasteiger partial charge on any atom is 0.245 e. The van der Waals surface area contributed by atoms with Crippen LogP contribution in [0.2, 0.25) is 0 Å². The summed E-state index contributed by atoms with van der Waals surface area (Å²) in [6.45, 7) is 16.4. The van der Waals surface area contributed by atoms with Crippen LogP contribution in [0.15, 0.2) is 58.8 Å². The van der Waals surface area contributed by atoms with Gasteiger partial charge in [0.05, 0.1) is 12.7 Å². The van der Waals surface area contributed by atoms with Gasteiger partial charge in [0.1, 0.15) is 12.6 Å². The molecule has 3 heterocycles. The highest BCUT2D eigenvalue weighted by molar-refractivity contribution is 9.10. The molecular weight excluding hydrogens is 656 g/mol. The Hall–Kier alpha value is -1.95. The van der Waals surface area contributed by atoms with Crippen LogP contribution in [0.4, 0.5) is 0 Å². The van der Waals surface area contributed by atoms with Gasteiger partial charge in [0, 0.05) is 28.8 Å². The lowest BCUT2D eigenvalue weighted by molar-refractivity contribution is -0.663. The molecule has 0 radical (unpaired) electrons. The number of aryl methyl sites for hydroxylation is 2. The summed E-state index contributed by atoms with van der Waals surface area (Å²) < 4.78 is 20.0. The number of nitrogens with zero attached hydrogens (tertiary/aromatic N) is 2. The van der Waals surface area contributed by atoms with Crippen molar-refractivity contribution in [3.8, 4) is 0 Å². The first-order valence-corrected chi connectivity index (χ1v) is 20.1. The van der Waals surface area contributed by atoms with Gasteiger partial charge in [-0.1, -0.05) is 73.5 Å². The normalized spacial score (nSPS) is 41.9. The van der Waals surface area contributed by atoms with Crippen LogP contribution in [-0.4, -0.2) is 23.1 Å². The Bertz CT molecular complexity index is 1780. The van der Waals surface area contributed by atoms with Crippen molar-refractivity contribution in [3.63, 3.8) is 0 Å². The van der Waals surface area contributed by atoms with Crippen molar-refractivity contribution in [1.29, 1.82) is 0 Å². The van der Waals surface area contributed by atoms with Gasteiger partial charge >= 0.3 is 0 Å². The van der Waals surface area contributed by atoms with E-state index >= 15 is 0 Å². The SMILES string of the molecule is Cc1cc2c(cc1C)[n+](Cc1ccccc1Br)cn2[C@@H]1CC[C@@]2(C)C(=CC[C@H]3[C@@H]4C[C@@H]5O[C@]6(CC[C@@H](C)CO6)[C@@H](C)[C@@H]5[C@@]4(C)CC[C@@H]32)C1. The van der Waals surface area contributed by atoms with E-state index < -0.39 is 0 Å². The van der Waals surface area contributed by atoms with E-state index in [0.717, 1.165) is 37.3 Å². The molecule has 9 rings (SSSR count). The molecule has 3 aromatic rings. The molecule has 0 bridgehead atoms. The average Bonchev–Trinajstić information content (AvgIpc) is 3.66. The summed E-state index contributed by atoms with van der Waals surface area (Å²) in [5.74, 6) is 3.86. The van der Waals surface area contributed by atoms with Crippen molar-refractivity contribution < 1.29 is 14.0 Å². The molecule has 0 N–H and O–H groups in total. The van der Waals surface area contributed by atoms with E-state index in [0.29, 0.717) is 40.7 Å². The summed E-state index contributed by atoms with van der Waals surface area (Å²) in [6.07, 6.45) is 16.9. The summed E-state index contributed by atoms with van der Waals surface area (Å²) in [5.41, 5.74) is 9.29. The molecule has 0 amide bonds. The largest absolute Gasteiger partial charge is 0.349 e. The fourth-order valence-corrected chi connectivity index (χ4v) is 13.0. The third-order valence-electron chi connectivity index (χ3n) is 15.5. The van der Waals surface area contributed by atoms with Crippen molar-refractivity contribution in [2.45, 2.75) is 124 Å². The molecular formula is C43H56BrN2O2+. The van der Waals surface area contributed by atoms with E-state index in [1.54, 1.807) is 5.57 Å². The predicted octanol–water partition coefficient (Wildman–Crippen LogP) is 10.3. The van der Waals surface area contributed by atoms with Gasteiger partial charge in [0.2, 0.25) is 6.33 Å². The summed E-state index contributed by atoms with van der Waals surface area (Å²) in [5, 5.41) is 0. The fourth-order valence-electron chi connectivity index (χ4n) is 12.6. The molecule has 48 heavy (non-hydrogen) atoms. The van der Waals surface area contributed by atoms with Crippen LogP contribution in [0, 0.1) is 60.2 Å². The molecule has 2 aromatic carbocycles. The number of aromatic nitrogens is 2. The summed E-state index contributed by atoms with van der Waals surface area (Å²) in [4.78, 5) is 0. The summed E-state index contributed by atoms with van der Waals surface area (Å²) in [7, 11) is 0. The second kappa shape index (κ2) is 11.3. The summed E-state index contributed by atoms with van der Waals surface area (Å²) in [6, 6.07) is 14.0. The lowest BCUT2D eigenvalue weighted by atomic mass is 9.46. The van der Waals surface area contributed by atoms with Crippen molar-refractivity contribution >= 4 is 27.0 Å². The number of hydrogen-bond acceptors (Lipinski definition) is 2. The fraction of sp³-hybridized carbons (Fsp3) is 0.651. The van der Waals surface area contributed by atoms with Gasteiger partial charge in [-0.05, 0) is 129 Å². The second-order valence-electron chi connectivity index (χ2n) is 17.8. The van der Waals surface area contributed by atoms with E-state index in [9.17, 15) is 0 Å². The molecule has 6 aliphatic rings. The Labute approximate surface area is 296 Å². The molecule has 2 aliphatic heterocycles. The molecule has 5 fully saturated rings. The van der Waals surface area contributed by atoms with Crippen LogP contribution < -0.4 is 4.57 Å². The van der Waals surface area contributed by atoms with Crippen LogP contribution in [-0.2, 0) is 16.0 Å². The minimum absolute atomic E-state index is 0.313. The van der Waals surface area contributed by atoms with Gasteiger partial charge < -0.3 is 9.47 Å². The topological polar surface area (TPSA) is 27.3 Å². The first kappa shape index (κ1) is 32.0. The van der Waals surface area contributed by atoms with Gasteiger partial charge in [-0.15, -0.1) is 0 Å². The van der Waals surface area contributed by atoms with E-state index in [1.807, 2.05) is 0 Å². The Morgan fingerprint density at radius 1 is 0.979 bits per heavy atom. The zero-order valence-corrected chi connectivity index (χ0v) is 31.7. The second-order valence-corrected chi connectivity index (χ2v) is 18.7. The van der Waals surface area contributed by atoms with Crippen molar-refractivity contribution in [2.24, 2.45) is 46.3 Å². The Morgan fingerprint density at radius 2 is 1.79 bits per heavy atom. The minimum atomic E-state index is -0.313. The molecule has 5 heteroatoms. The van der Waals surface area contributed by atoms with Crippen LogP contribution >= 0.6 is 15.9 Å². The summed E-state index contributed by atoms with van der Waals surface area (Å²) >= 11 is 3.81. The van der Waals surface area contributed by atoms with Crippen molar-refractivity contribution in [2.75, 3.05) is 6.61 Å². The standard InChI is InChI=1S/C43H56BrN2O2/c1-26-13-18-43(47-24-26)29(4)40-39(48-43)22-35-33-12-11-31-21-32(14-16-41(31,5)34(33)15-17-42(35,40)6)46-25-45(23-30-9-7-8-10-36(30)44)37-19-27(2)28(3)20-38(37)46/h7-11,19-20,25-26,29,32-35,39-40H,12-18,21-24H2,1-6H3/q+1/t26-,29+,32-,33-,34+,35+,39+,40+,41+,42+,43-/m1/s1. The molecule has 2 saturated heterocycles. The molecule has 0 unspecified atom stereocenters. The highest BCUT2D eigenvalue weighted by atomic mass is 79.9. The number of fused-ring (bicyclic) bond motifs is 8. The highest BCUT2D eigenvalue weighted by Gasteiger charge is 2.68. The van der Waals surface area contributed by atoms with Gasteiger partial charge in [-0.25, -0.2) is 9.13 Å². The maximum atomic E-state index is 7.06. The molecule has 1 aromatic heterocycles. The molecule has 4 nitrogen and oxygen atoms in total.